The van der Waals surface area contributed by atoms with Crippen LogP contribution >= 0.6 is 11.6 Å². The number of carbonyl (C=O) groups excluding carboxylic acids is 2. The quantitative estimate of drug-likeness (QED) is 0.206. The number of nitrogens with one attached hydrogen (secondary N) is 1. The van der Waals surface area contributed by atoms with E-state index in [1.54, 1.807) is 54.6 Å². The average molecular weight is 608 g/mol. The molecule has 0 radical (unpaired) electrons. The molecule has 2 amide bonds. The maximum atomic E-state index is 13.4. The number of para-hydroxylation sites is 1. The monoisotopic (exact) mass is 607 g/mol. The summed E-state index contributed by atoms with van der Waals surface area (Å²) in [5.41, 5.74) is -2.06. The summed E-state index contributed by atoms with van der Waals surface area (Å²) in [4.78, 5) is 31.6. The molecular weight excluding hydrogens is 584 g/mol. The molecule has 0 aliphatic carbocycles. The molecule has 220 valence electrons. The van der Waals surface area contributed by atoms with Gasteiger partial charge in [0.15, 0.2) is 0 Å². The van der Waals surface area contributed by atoms with Crippen molar-refractivity contribution in [1.82, 2.24) is 9.88 Å². The van der Waals surface area contributed by atoms with E-state index in [1.807, 2.05) is 0 Å². The molecule has 0 saturated carbocycles. The Morgan fingerprint density at radius 2 is 1.52 bits per heavy atom. The second-order valence-electron chi connectivity index (χ2n) is 9.66. The Kier molecular flexibility index (Phi) is 9.10. The number of hydrogen-bond acceptors (Lipinski definition) is 3. The number of rotatable bonds is 8. The predicted molar refractivity (Wildman–Crippen MR) is 147 cm³/mol. The SMILES string of the molecule is CN(C(=O)c1cc(C(F)(F)F)cc(C(F)(F)F)c1)C(CCC(=O)Nc1ccnc2ccccc12)Cc1ccc(Cl)cc1. The minimum Gasteiger partial charge on any atom is -0.338 e. The molecule has 1 aromatic heterocycles. The van der Waals surface area contributed by atoms with Crippen LogP contribution < -0.4 is 5.32 Å². The van der Waals surface area contributed by atoms with Gasteiger partial charge >= 0.3 is 12.4 Å². The average Bonchev–Trinajstić information content (AvgIpc) is 2.94. The zero-order valence-electron chi connectivity index (χ0n) is 22.1. The van der Waals surface area contributed by atoms with Gasteiger partial charge in [-0.2, -0.15) is 26.3 Å². The summed E-state index contributed by atoms with van der Waals surface area (Å²) in [5.74, 6) is -1.45. The van der Waals surface area contributed by atoms with Crippen molar-refractivity contribution in [2.45, 2.75) is 37.7 Å². The van der Waals surface area contributed by atoms with Crippen molar-refractivity contribution in [2.75, 3.05) is 12.4 Å². The number of pyridine rings is 1. The summed E-state index contributed by atoms with van der Waals surface area (Å²) in [6.45, 7) is 0. The minimum absolute atomic E-state index is 0.0326. The molecule has 1 unspecified atom stereocenters. The number of fused-ring (bicyclic) bond motifs is 1. The second kappa shape index (κ2) is 12.4. The molecule has 0 spiro atoms. The van der Waals surface area contributed by atoms with E-state index in [1.165, 1.54) is 13.2 Å². The Bertz CT molecular complexity index is 1550. The van der Waals surface area contributed by atoms with Gasteiger partial charge in [-0.15, -0.1) is 0 Å². The van der Waals surface area contributed by atoms with Gasteiger partial charge in [0, 0.05) is 41.7 Å². The van der Waals surface area contributed by atoms with Gasteiger partial charge in [0.1, 0.15) is 0 Å². The lowest BCUT2D eigenvalue weighted by Crippen LogP contribution is -2.39. The first kappa shape index (κ1) is 30.8. The maximum Gasteiger partial charge on any atom is 0.416 e. The van der Waals surface area contributed by atoms with Crippen LogP contribution in [0.15, 0.2) is 79.0 Å². The number of alkyl halides is 6. The molecule has 1 N–H and O–H groups in total. The lowest BCUT2D eigenvalue weighted by molar-refractivity contribution is -0.143. The molecule has 0 bridgehead atoms. The van der Waals surface area contributed by atoms with E-state index >= 15 is 0 Å². The van der Waals surface area contributed by atoms with E-state index < -0.39 is 46.9 Å². The van der Waals surface area contributed by atoms with Crippen LogP contribution in [0, 0.1) is 0 Å². The maximum absolute atomic E-state index is 13.4. The number of halogens is 7. The van der Waals surface area contributed by atoms with E-state index in [-0.39, 0.29) is 25.3 Å². The standard InChI is InChI=1S/C30H24ClF6N3O2/c1-40(28(42)19-15-20(29(32,33)34)17-21(16-19)30(35,36)37)23(14-18-6-8-22(31)9-7-18)10-11-27(41)39-26-12-13-38-25-5-3-2-4-24(25)26/h2-9,12-13,15-17,23H,10-11,14H2,1H3,(H,38,39,41). The van der Waals surface area contributed by atoms with Crippen molar-refractivity contribution in [3.05, 3.63) is 106 Å². The Balaban J connectivity index is 1.59. The first-order valence-corrected chi connectivity index (χ1v) is 13.0. The molecule has 42 heavy (non-hydrogen) atoms. The minimum atomic E-state index is -5.10. The van der Waals surface area contributed by atoms with Crippen LogP contribution in [-0.4, -0.2) is 34.8 Å². The zero-order valence-corrected chi connectivity index (χ0v) is 22.8. The Labute approximate surface area is 242 Å². The number of nitrogens with zero attached hydrogens (tertiary/aromatic N) is 2. The van der Waals surface area contributed by atoms with E-state index in [0.717, 1.165) is 4.90 Å². The summed E-state index contributed by atoms with van der Waals surface area (Å²) in [6.07, 6.45) is -8.54. The molecule has 1 atom stereocenters. The van der Waals surface area contributed by atoms with Crippen LogP contribution in [0.25, 0.3) is 10.9 Å². The largest absolute Gasteiger partial charge is 0.416 e. The molecule has 4 rings (SSSR count). The van der Waals surface area contributed by atoms with Crippen molar-refractivity contribution < 1.29 is 35.9 Å². The fourth-order valence-corrected chi connectivity index (χ4v) is 4.61. The third kappa shape index (κ3) is 7.58. The molecule has 5 nitrogen and oxygen atoms in total. The lowest BCUT2D eigenvalue weighted by atomic mass is 9.98. The Morgan fingerprint density at radius 3 is 2.14 bits per heavy atom. The van der Waals surface area contributed by atoms with Gasteiger partial charge in [-0.1, -0.05) is 41.9 Å². The van der Waals surface area contributed by atoms with E-state index in [0.29, 0.717) is 39.3 Å². The van der Waals surface area contributed by atoms with Crippen molar-refractivity contribution >= 4 is 40.0 Å². The molecule has 4 aromatic rings. The van der Waals surface area contributed by atoms with Crippen molar-refractivity contribution in [3.8, 4) is 0 Å². The van der Waals surface area contributed by atoms with Gasteiger partial charge < -0.3 is 10.2 Å². The summed E-state index contributed by atoms with van der Waals surface area (Å²) in [6, 6.07) is 15.4. The van der Waals surface area contributed by atoms with Gasteiger partial charge in [0.05, 0.1) is 22.3 Å². The number of amides is 2. The summed E-state index contributed by atoms with van der Waals surface area (Å²) < 4.78 is 80.5. The first-order chi connectivity index (χ1) is 19.7. The fourth-order valence-electron chi connectivity index (χ4n) is 4.49. The van der Waals surface area contributed by atoms with Crippen LogP contribution in [0.2, 0.25) is 5.02 Å². The molecular formula is C30H24ClF6N3O2. The molecule has 0 aliphatic rings. The third-order valence-electron chi connectivity index (χ3n) is 6.72. The van der Waals surface area contributed by atoms with E-state index in [9.17, 15) is 35.9 Å². The summed E-state index contributed by atoms with van der Waals surface area (Å²) in [5, 5.41) is 3.97. The number of likely N-dealkylation sites (N-methyl/N-ethyl adjacent to an activating group) is 1. The lowest BCUT2D eigenvalue weighted by Gasteiger charge is -2.29. The number of aromatic nitrogens is 1. The Hall–Kier alpha value is -4.12. The highest BCUT2D eigenvalue weighted by Gasteiger charge is 2.38. The molecule has 1 heterocycles. The number of anilines is 1. The van der Waals surface area contributed by atoms with E-state index in [2.05, 4.69) is 10.3 Å². The van der Waals surface area contributed by atoms with Crippen LogP contribution in [0.5, 0.6) is 0 Å². The molecule has 3 aromatic carbocycles. The van der Waals surface area contributed by atoms with Crippen molar-refractivity contribution in [2.24, 2.45) is 0 Å². The van der Waals surface area contributed by atoms with Crippen LogP contribution in [0.3, 0.4) is 0 Å². The van der Waals surface area contributed by atoms with Crippen LogP contribution in [0.4, 0.5) is 32.0 Å². The van der Waals surface area contributed by atoms with Gasteiger partial charge in [-0.25, -0.2) is 0 Å². The van der Waals surface area contributed by atoms with Crippen molar-refractivity contribution in [1.29, 1.82) is 0 Å². The topological polar surface area (TPSA) is 62.3 Å². The highest BCUT2D eigenvalue weighted by Crippen LogP contribution is 2.36. The number of hydrogen-bond donors (Lipinski definition) is 1. The molecule has 12 heteroatoms. The first-order valence-electron chi connectivity index (χ1n) is 12.7. The van der Waals surface area contributed by atoms with Gasteiger partial charge in [-0.3, -0.25) is 14.6 Å². The fraction of sp³-hybridized carbons (Fsp3) is 0.233. The number of benzene rings is 3. The summed E-state index contributed by atoms with van der Waals surface area (Å²) in [7, 11) is 1.28. The third-order valence-corrected chi connectivity index (χ3v) is 6.97. The predicted octanol–water partition coefficient (Wildman–Crippen LogP) is 8.03. The summed E-state index contributed by atoms with van der Waals surface area (Å²) >= 11 is 5.96. The second-order valence-corrected chi connectivity index (χ2v) is 10.1. The Morgan fingerprint density at radius 1 is 0.905 bits per heavy atom. The van der Waals surface area contributed by atoms with Crippen LogP contribution in [-0.2, 0) is 23.6 Å². The highest BCUT2D eigenvalue weighted by atomic mass is 35.5. The molecule has 0 aliphatic heterocycles. The normalized spacial score (nSPS) is 12.7. The van der Waals surface area contributed by atoms with Gasteiger partial charge in [0.25, 0.3) is 5.91 Å². The smallest absolute Gasteiger partial charge is 0.338 e. The molecule has 0 fully saturated rings. The van der Waals surface area contributed by atoms with Gasteiger partial charge in [-0.05, 0) is 60.9 Å². The highest BCUT2D eigenvalue weighted by molar-refractivity contribution is 6.30. The van der Waals surface area contributed by atoms with E-state index in [4.69, 9.17) is 11.6 Å². The van der Waals surface area contributed by atoms with Crippen LogP contribution in [0.1, 0.15) is 39.9 Å². The molecule has 0 saturated heterocycles. The number of carbonyl (C=O) groups is 2. The zero-order chi connectivity index (χ0) is 30.7. The van der Waals surface area contributed by atoms with Crippen molar-refractivity contribution in [3.63, 3.8) is 0 Å². The van der Waals surface area contributed by atoms with Gasteiger partial charge in [0.2, 0.25) is 5.91 Å².